The van der Waals surface area contributed by atoms with Gasteiger partial charge in [0.1, 0.15) is 12.4 Å². The zero-order valence-corrected chi connectivity index (χ0v) is 19.0. The maximum Gasteiger partial charge on any atom is 0.207 e. The molecule has 0 heterocycles. The van der Waals surface area contributed by atoms with Crippen LogP contribution in [0.25, 0.3) is 0 Å². The van der Waals surface area contributed by atoms with E-state index < -0.39 is 5.54 Å². The number of hydrogen-bond donors (Lipinski definition) is 0. The van der Waals surface area contributed by atoms with E-state index in [4.69, 9.17) is 14.2 Å². The van der Waals surface area contributed by atoms with Crippen molar-refractivity contribution >= 4 is 12.0 Å². The summed E-state index contributed by atoms with van der Waals surface area (Å²) < 4.78 is 16.6. The van der Waals surface area contributed by atoms with Crippen LogP contribution >= 0.6 is 0 Å². The highest BCUT2D eigenvalue weighted by atomic mass is 16.5. The van der Waals surface area contributed by atoms with E-state index >= 15 is 0 Å². The van der Waals surface area contributed by atoms with Crippen LogP contribution in [0.15, 0.2) is 77.8 Å². The molecular weight excluding hydrogens is 402 g/mol. The average molecular weight is 432 g/mol. The fourth-order valence-electron chi connectivity index (χ4n) is 3.37. The van der Waals surface area contributed by atoms with E-state index in [1.807, 2.05) is 74.5 Å². The van der Waals surface area contributed by atoms with Gasteiger partial charge in [0.2, 0.25) is 5.78 Å². The molecule has 0 unspecified atom stereocenters. The molecule has 0 bridgehead atoms. The molecule has 5 heteroatoms. The number of ketones is 1. The van der Waals surface area contributed by atoms with Crippen LogP contribution < -0.4 is 14.2 Å². The summed E-state index contributed by atoms with van der Waals surface area (Å²) in [6.07, 6.45) is 2.04. The Morgan fingerprint density at radius 2 is 1.53 bits per heavy atom. The van der Waals surface area contributed by atoms with Gasteiger partial charge in [0.05, 0.1) is 31.5 Å². The topological polar surface area (TPSA) is 57.1 Å². The summed E-state index contributed by atoms with van der Waals surface area (Å²) in [5, 5.41) is 0. The second-order valence-corrected chi connectivity index (χ2v) is 8.07. The number of carbonyl (C=O) groups is 1. The lowest BCUT2D eigenvalue weighted by atomic mass is 9.95. The Labute approximate surface area is 189 Å². The predicted molar refractivity (Wildman–Crippen MR) is 127 cm³/mol. The quantitative estimate of drug-likeness (QED) is 0.312. The van der Waals surface area contributed by atoms with Gasteiger partial charge in [-0.1, -0.05) is 48.5 Å². The molecule has 0 atom stereocenters. The number of para-hydroxylation sites is 1. The Bertz CT molecular complexity index is 1070. The zero-order valence-electron chi connectivity index (χ0n) is 19.0. The third-order valence-electron chi connectivity index (χ3n) is 5.01. The van der Waals surface area contributed by atoms with Crippen LogP contribution in [0.3, 0.4) is 0 Å². The van der Waals surface area contributed by atoms with Crippen LogP contribution in [0.4, 0.5) is 0 Å². The van der Waals surface area contributed by atoms with E-state index in [-0.39, 0.29) is 5.78 Å². The molecule has 0 aromatic heterocycles. The minimum Gasteiger partial charge on any atom is -0.493 e. The van der Waals surface area contributed by atoms with Crippen molar-refractivity contribution in [1.82, 2.24) is 0 Å². The molecule has 0 N–H and O–H groups in total. The molecule has 3 aromatic carbocycles. The van der Waals surface area contributed by atoms with Crippen molar-refractivity contribution in [2.75, 3.05) is 14.2 Å². The fraction of sp³-hybridized carbons (Fsp3) is 0.259. The van der Waals surface area contributed by atoms with Gasteiger partial charge in [-0.3, -0.25) is 9.79 Å². The fourth-order valence-corrected chi connectivity index (χ4v) is 3.37. The van der Waals surface area contributed by atoms with Gasteiger partial charge >= 0.3 is 0 Å². The van der Waals surface area contributed by atoms with Gasteiger partial charge in [-0.05, 0) is 55.7 Å². The Morgan fingerprint density at radius 1 is 0.844 bits per heavy atom. The Morgan fingerprint density at radius 3 is 2.25 bits per heavy atom. The highest BCUT2D eigenvalue weighted by molar-refractivity contribution is 6.36. The van der Waals surface area contributed by atoms with Gasteiger partial charge < -0.3 is 14.2 Å². The number of carbonyl (C=O) groups excluding carboxylic acids is 1. The maximum atomic E-state index is 12.9. The van der Waals surface area contributed by atoms with Gasteiger partial charge in [0, 0.05) is 0 Å². The molecule has 0 radical (unpaired) electrons. The average Bonchev–Trinajstić information content (AvgIpc) is 2.81. The number of nitrogens with zero attached hydrogens (tertiary/aromatic N) is 1. The first kappa shape index (κ1) is 23.1. The normalized spacial score (nSPS) is 11.4. The van der Waals surface area contributed by atoms with Crippen molar-refractivity contribution in [1.29, 1.82) is 0 Å². The number of aliphatic imine (C=N–C) groups is 1. The Hall–Kier alpha value is -3.60. The summed E-state index contributed by atoms with van der Waals surface area (Å²) in [6, 6.07) is 22.9. The highest BCUT2D eigenvalue weighted by Crippen LogP contribution is 2.29. The Balaban J connectivity index is 1.70. The molecule has 3 aromatic rings. The summed E-state index contributed by atoms with van der Waals surface area (Å²) in [5.41, 5.74) is 2.10. The van der Waals surface area contributed by atoms with Crippen molar-refractivity contribution in [3.63, 3.8) is 0 Å². The van der Waals surface area contributed by atoms with E-state index in [9.17, 15) is 4.79 Å². The highest BCUT2D eigenvalue weighted by Gasteiger charge is 2.19. The van der Waals surface area contributed by atoms with Gasteiger partial charge in [0.25, 0.3) is 0 Å². The molecule has 0 aliphatic carbocycles. The molecule has 0 fully saturated rings. The third-order valence-corrected chi connectivity index (χ3v) is 5.01. The minimum atomic E-state index is -0.477. The van der Waals surface area contributed by atoms with E-state index in [0.717, 1.165) is 11.1 Å². The first-order valence-electron chi connectivity index (χ1n) is 10.5. The molecule has 5 nitrogen and oxygen atoms in total. The van der Waals surface area contributed by atoms with Crippen LogP contribution in [-0.4, -0.2) is 31.8 Å². The number of rotatable bonds is 10. The summed E-state index contributed by atoms with van der Waals surface area (Å²) >= 11 is 0. The van der Waals surface area contributed by atoms with Crippen molar-refractivity contribution in [2.45, 2.75) is 32.4 Å². The van der Waals surface area contributed by atoms with Crippen LogP contribution in [0.1, 0.15) is 35.3 Å². The molecule has 0 aliphatic rings. The van der Waals surface area contributed by atoms with E-state index in [0.29, 0.717) is 35.8 Å². The van der Waals surface area contributed by atoms with Gasteiger partial charge in [-0.15, -0.1) is 0 Å². The number of Topliss-reactive ketones (excluding diaryl/α,β-unsaturated/α-hetero) is 1. The van der Waals surface area contributed by atoms with Crippen LogP contribution in [0, 0.1) is 0 Å². The van der Waals surface area contributed by atoms with Crippen LogP contribution in [0.5, 0.6) is 17.2 Å². The third kappa shape index (κ3) is 6.20. The summed E-state index contributed by atoms with van der Waals surface area (Å²) in [7, 11) is 3.22. The standard InChI is InChI=1S/C27H29NO4/c1-27(2,17-21-14-15-25(30-3)26(16-21)31-4)28-18-23(29)22-12-8-9-13-24(22)32-19-20-10-6-5-7-11-20/h5-16,18H,17,19H2,1-4H3/b28-18+. The smallest absolute Gasteiger partial charge is 0.207 e. The van der Waals surface area contributed by atoms with Crippen molar-refractivity contribution in [3.05, 3.63) is 89.5 Å². The van der Waals surface area contributed by atoms with Crippen LogP contribution in [-0.2, 0) is 13.0 Å². The van der Waals surface area contributed by atoms with Crippen molar-refractivity contribution in [3.8, 4) is 17.2 Å². The van der Waals surface area contributed by atoms with E-state index in [1.54, 1.807) is 26.4 Å². The molecule has 0 spiro atoms. The molecule has 3 rings (SSSR count). The number of benzene rings is 3. The lowest BCUT2D eigenvalue weighted by Crippen LogP contribution is -2.21. The van der Waals surface area contributed by atoms with Crippen LogP contribution in [0.2, 0.25) is 0 Å². The minimum absolute atomic E-state index is 0.186. The van der Waals surface area contributed by atoms with Gasteiger partial charge in [-0.2, -0.15) is 0 Å². The summed E-state index contributed by atoms with van der Waals surface area (Å²) in [4.78, 5) is 17.5. The SMILES string of the molecule is COc1ccc(CC(C)(C)/N=C/C(=O)c2ccccc2OCc2ccccc2)cc1OC. The molecule has 0 aliphatic heterocycles. The number of hydrogen-bond acceptors (Lipinski definition) is 5. The van der Waals surface area contributed by atoms with Crippen molar-refractivity contribution < 1.29 is 19.0 Å². The molecule has 32 heavy (non-hydrogen) atoms. The maximum absolute atomic E-state index is 12.9. The van der Waals surface area contributed by atoms with Gasteiger partial charge in [0.15, 0.2) is 11.5 Å². The first-order valence-corrected chi connectivity index (χ1v) is 10.5. The second-order valence-electron chi connectivity index (χ2n) is 8.07. The molecule has 0 saturated carbocycles. The largest absolute Gasteiger partial charge is 0.493 e. The predicted octanol–water partition coefficient (Wildman–Crippen LogP) is 5.56. The molecule has 0 saturated heterocycles. The Kier molecular flexibility index (Phi) is 7.66. The van der Waals surface area contributed by atoms with E-state index in [1.165, 1.54) is 6.21 Å². The second kappa shape index (κ2) is 10.6. The lowest BCUT2D eigenvalue weighted by molar-refractivity contribution is 0.106. The number of ether oxygens (including phenoxy) is 3. The lowest BCUT2D eigenvalue weighted by Gasteiger charge is -2.20. The summed E-state index contributed by atoms with van der Waals surface area (Å²) in [5.74, 6) is 1.71. The van der Waals surface area contributed by atoms with Gasteiger partial charge in [-0.25, -0.2) is 0 Å². The molecule has 0 amide bonds. The first-order chi connectivity index (χ1) is 15.4. The molecular formula is C27H29NO4. The molecule has 166 valence electrons. The monoisotopic (exact) mass is 431 g/mol. The summed E-state index contributed by atoms with van der Waals surface area (Å²) in [6.45, 7) is 4.38. The van der Waals surface area contributed by atoms with Crippen molar-refractivity contribution in [2.24, 2.45) is 4.99 Å². The van der Waals surface area contributed by atoms with E-state index in [2.05, 4.69) is 4.99 Å². The number of methoxy groups -OCH3 is 2. The zero-order chi connectivity index (χ0) is 23.0.